The first kappa shape index (κ1) is 22.5. The topological polar surface area (TPSA) is 140 Å². The molecule has 0 radical (unpaired) electrons. The first-order valence-corrected chi connectivity index (χ1v) is 8.13. The number of benzene rings is 2. The normalized spacial score (nSPS) is 9.89. The van der Waals surface area contributed by atoms with Gasteiger partial charge in [0.05, 0.1) is 5.56 Å². The molecule has 0 fully saturated rings. The number of carbonyl (C=O) groups is 2. The Morgan fingerprint density at radius 3 is 2.36 bits per heavy atom. The van der Waals surface area contributed by atoms with Crippen LogP contribution in [0, 0.1) is 11.3 Å². The maximum absolute atomic E-state index is 10.1. The summed E-state index contributed by atoms with van der Waals surface area (Å²) in [7, 11) is 1.79. The molecule has 2 aromatic carbocycles. The van der Waals surface area contributed by atoms with Crippen LogP contribution in [0.15, 0.2) is 48.6 Å². The van der Waals surface area contributed by atoms with E-state index in [1.807, 2.05) is 6.07 Å². The molecule has 0 bridgehead atoms. The van der Waals surface area contributed by atoms with E-state index in [2.05, 4.69) is 5.32 Å². The van der Waals surface area contributed by atoms with Crippen LogP contribution in [0.3, 0.4) is 0 Å². The van der Waals surface area contributed by atoms with E-state index in [-0.39, 0.29) is 11.5 Å². The van der Waals surface area contributed by atoms with Gasteiger partial charge in [0.1, 0.15) is 11.8 Å². The van der Waals surface area contributed by atoms with Gasteiger partial charge in [0.25, 0.3) is 0 Å². The first-order valence-electron chi connectivity index (χ1n) is 7.75. The zero-order valence-corrected chi connectivity index (χ0v) is 15.5. The highest BCUT2D eigenvalue weighted by molar-refractivity contribution is 6.30. The Morgan fingerprint density at radius 2 is 1.82 bits per heavy atom. The van der Waals surface area contributed by atoms with Gasteiger partial charge in [0.15, 0.2) is 11.5 Å². The van der Waals surface area contributed by atoms with Crippen molar-refractivity contribution in [1.82, 2.24) is 5.32 Å². The SMILES string of the molecule is CNCc1cccc(Oc2cc(Cl)ccc2C#N)c1O.O=C(O)C=CC(=O)O. The fourth-order valence-electron chi connectivity index (χ4n) is 1.92. The summed E-state index contributed by atoms with van der Waals surface area (Å²) < 4.78 is 5.61. The van der Waals surface area contributed by atoms with E-state index in [0.717, 1.165) is 0 Å². The average Bonchev–Trinajstić information content (AvgIpc) is 2.64. The van der Waals surface area contributed by atoms with E-state index < -0.39 is 11.9 Å². The van der Waals surface area contributed by atoms with Gasteiger partial charge in [-0.1, -0.05) is 23.7 Å². The second kappa shape index (κ2) is 11.2. The minimum Gasteiger partial charge on any atom is -0.504 e. The number of aromatic hydroxyl groups is 1. The van der Waals surface area contributed by atoms with Gasteiger partial charge in [-0.25, -0.2) is 9.59 Å². The minimum absolute atomic E-state index is 0.0470. The molecule has 0 aromatic heterocycles. The number of carboxylic acids is 2. The van der Waals surface area contributed by atoms with Crippen LogP contribution in [0.25, 0.3) is 0 Å². The number of halogens is 1. The maximum Gasteiger partial charge on any atom is 0.328 e. The van der Waals surface area contributed by atoms with Crippen molar-refractivity contribution in [2.24, 2.45) is 0 Å². The summed E-state index contributed by atoms with van der Waals surface area (Å²) in [6, 6.07) is 12.0. The fourth-order valence-corrected chi connectivity index (χ4v) is 2.08. The third kappa shape index (κ3) is 7.37. The largest absolute Gasteiger partial charge is 0.504 e. The third-order valence-corrected chi connectivity index (χ3v) is 3.34. The van der Waals surface area contributed by atoms with E-state index in [4.69, 9.17) is 31.8 Å². The zero-order valence-electron chi connectivity index (χ0n) is 14.7. The molecule has 0 saturated heterocycles. The minimum atomic E-state index is -1.26. The predicted octanol–water partition coefficient (Wildman–Crippen LogP) is 3.14. The van der Waals surface area contributed by atoms with Crippen LogP contribution in [-0.4, -0.2) is 34.3 Å². The van der Waals surface area contributed by atoms with E-state index in [9.17, 15) is 14.7 Å². The van der Waals surface area contributed by atoms with Crippen LogP contribution in [0.5, 0.6) is 17.2 Å². The van der Waals surface area contributed by atoms with Gasteiger partial charge in [0, 0.05) is 35.3 Å². The van der Waals surface area contributed by atoms with Crippen molar-refractivity contribution < 1.29 is 29.6 Å². The Labute approximate surface area is 165 Å². The molecule has 0 aliphatic heterocycles. The molecule has 0 saturated carbocycles. The van der Waals surface area contributed by atoms with E-state index >= 15 is 0 Å². The zero-order chi connectivity index (χ0) is 21.1. The molecular weight excluding hydrogens is 388 g/mol. The van der Waals surface area contributed by atoms with E-state index in [1.54, 1.807) is 43.4 Å². The van der Waals surface area contributed by atoms with Crippen molar-refractivity contribution in [2.75, 3.05) is 7.05 Å². The molecule has 8 nitrogen and oxygen atoms in total. The van der Waals surface area contributed by atoms with Gasteiger partial charge < -0.3 is 25.4 Å². The molecule has 0 heterocycles. The number of rotatable bonds is 6. The van der Waals surface area contributed by atoms with Crippen molar-refractivity contribution in [3.63, 3.8) is 0 Å². The Bertz CT molecular complexity index is 905. The number of nitrogens with one attached hydrogen (secondary N) is 1. The van der Waals surface area contributed by atoms with E-state index in [0.29, 0.717) is 40.6 Å². The number of nitriles is 1. The summed E-state index contributed by atoms with van der Waals surface area (Å²) in [4.78, 5) is 19.1. The number of nitrogens with zero attached hydrogens (tertiary/aromatic N) is 1. The number of para-hydroxylation sites is 1. The standard InChI is InChI=1S/C15H13ClN2O2.C4H4O4/c1-18-9-11-3-2-4-13(15(11)19)20-14-7-12(16)6-5-10(14)8-17;5-3(6)1-2-4(7)8/h2-7,18-19H,9H2,1H3;1-2H,(H,5,6)(H,7,8). The number of hydrogen-bond acceptors (Lipinski definition) is 6. The second-order valence-electron chi connectivity index (χ2n) is 5.16. The van der Waals surface area contributed by atoms with Crippen molar-refractivity contribution in [3.05, 3.63) is 64.7 Å². The van der Waals surface area contributed by atoms with Crippen LogP contribution < -0.4 is 10.1 Å². The molecule has 4 N–H and O–H groups in total. The summed E-state index contributed by atoms with van der Waals surface area (Å²) in [5, 5.41) is 38.2. The molecule has 0 aliphatic carbocycles. The lowest BCUT2D eigenvalue weighted by atomic mass is 10.1. The highest BCUT2D eigenvalue weighted by Gasteiger charge is 2.11. The number of carboxylic acid groups (broad SMARTS) is 2. The highest BCUT2D eigenvalue weighted by Crippen LogP contribution is 2.35. The molecule has 9 heteroatoms. The van der Waals surface area contributed by atoms with Crippen LogP contribution >= 0.6 is 11.6 Å². The van der Waals surface area contributed by atoms with Gasteiger partial charge in [-0.05, 0) is 25.2 Å². The summed E-state index contributed by atoms with van der Waals surface area (Å²) in [6.45, 7) is 0.518. The lowest BCUT2D eigenvalue weighted by molar-refractivity contribution is -0.134. The maximum atomic E-state index is 10.1. The molecule has 146 valence electrons. The Balaban J connectivity index is 0.000000416. The average molecular weight is 405 g/mol. The number of hydrogen-bond donors (Lipinski definition) is 4. The van der Waals surface area contributed by atoms with Gasteiger partial charge in [-0.2, -0.15) is 5.26 Å². The van der Waals surface area contributed by atoms with Gasteiger partial charge >= 0.3 is 11.9 Å². The molecule has 2 aromatic rings. The molecule has 2 rings (SSSR count). The van der Waals surface area contributed by atoms with Crippen LogP contribution in [-0.2, 0) is 16.1 Å². The van der Waals surface area contributed by atoms with Crippen molar-refractivity contribution in [3.8, 4) is 23.3 Å². The summed E-state index contributed by atoms with van der Waals surface area (Å²) in [6.07, 6.45) is 1.12. The van der Waals surface area contributed by atoms with Crippen LogP contribution in [0.2, 0.25) is 5.02 Å². The van der Waals surface area contributed by atoms with Gasteiger partial charge in [-0.3, -0.25) is 0 Å². The highest BCUT2D eigenvalue weighted by atomic mass is 35.5. The quantitative estimate of drug-likeness (QED) is 0.538. The first-order chi connectivity index (χ1) is 13.3. The molecule has 0 unspecified atom stereocenters. The Morgan fingerprint density at radius 1 is 1.18 bits per heavy atom. The lowest BCUT2D eigenvalue weighted by Gasteiger charge is -2.12. The monoisotopic (exact) mass is 404 g/mol. The van der Waals surface area contributed by atoms with Crippen LogP contribution in [0.1, 0.15) is 11.1 Å². The summed E-state index contributed by atoms with van der Waals surface area (Å²) in [5.41, 5.74) is 1.07. The summed E-state index contributed by atoms with van der Waals surface area (Å²) >= 11 is 5.90. The number of phenolic OH excluding ortho intramolecular Hbond substituents is 1. The van der Waals surface area contributed by atoms with Gasteiger partial charge in [-0.15, -0.1) is 0 Å². The van der Waals surface area contributed by atoms with Gasteiger partial charge in [0.2, 0.25) is 0 Å². The number of aliphatic carboxylic acids is 2. The predicted molar refractivity (Wildman–Crippen MR) is 102 cm³/mol. The smallest absolute Gasteiger partial charge is 0.328 e. The molecule has 0 spiro atoms. The molecule has 28 heavy (non-hydrogen) atoms. The van der Waals surface area contributed by atoms with Crippen molar-refractivity contribution in [2.45, 2.75) is 6.54 Å². The molecular formula is C19H17ClN2O6. The number of ether oxygens (including phenoxy) is 1. The Kier molecular flexibility index (Phi) is 9.03. The summed E-state index contributed by atoms with van der Waals surface area (Å²) in [5.74, 6) is -1.86. The second-order valence-corrected chi connectivity index (χ2v) is 5.59. The number of phenols is 1. The molecule has 0 aliphatic rings. The van der Waals surface area contributed by atoms with Crippen molar-refractivity contribution >= 4 is 23.5 Å². The lowest BCUT2D eigenvalue weighted by Crippen LogP contribution is -2.05. The third-order valence-electron chi connectivity index (χ3n) is 3.10. The fraction of sp³-hybridized carbons (Fsp3) is 0.105. The van der Waals surface area contributed by atoms with Crippen LogP contribution in [0.4, 0.5) is 0 Å². The van der Waals surface area contributed by atoms with Crippen molar-refractivity contribution in [1.29, 1.82) is 5.26 Å². The Hall–Kier alpha value is -3.54. The molecule has 0 amide bonds. The molecule has 0 atom stereocenters. The van der Waals surface area contributed by atoms with E-state index in [1.165, 1.54) is 0 Å².